The first kappa shape index (κ1) is 11.5. The maximum absolute atomic E-state index is 13.2. The van der Waals surface area contributed by atoms with Gasteiger partial charge < -0.3 is 10.1 Å². The van der Waals surface area contributed by atoms with E-state index in [1.54, 1.807) is 7.05 Å². The molecular weight excluding hydrogens is 200 g/mol. The van der Waals surface area contributed by atoms with Gasteiger partial charge in [0, 0.05) is 6.07 Å². The van der Waals surface area contributed by atoms with Gasteiger partial charge in [0.05, 0.1) is 19.2 Å². The Labute approximate surface area is 87.2 Å². The Morgan fingerprint density at radius 1 is 1.40 bits per heavy atom. The van der Waals surface area contributed by atoms with Crippen molar-refractivity contribution in [3.8, 4) is 17.6 Å². The van der Waals surface area contributed by atoms with Crippen LogP contribution in [0.5, 0.6) is 5.75 Å². The molecule has 1 rings (SSSR count). The average molecular weight is 211 g/mol. The zero-order valence-electron chi connectivity index (χ0n) is 8.53. The quantitative estimate of drug-likeness (QED) is 0.749. The predicted molar refractivity (Wildman–Crippen MR) is 53.7 cm³/mol. The molecule has 0 saturated heterocycles. The van der Waals surface area contributed by atoms with Crippen LogP contribution in [0.15, 0.2) is 12.1 Å². The summed E-state index contributed by atoms with van der Waals surface area (Å²) in [6.07, 6.45) is 0. The van der Waals surface area contributed by atoms with E-state index in [1.165, 1.54) is 7.11 Å². The average Bonchev–Trinajstić information content (AvgIpc) is 2.17. The number of ether oxygens (including phenoxy) is 1. The highest BCUT2D eigenvalue weighted by Gasteiger charge is 2.09. The van der Waals surface area contributed by atoms with Crippen LogP contribution in [0.3, 0.4) is 0 Å². The van der Waals surface area contributed by atoms with Crippen LogP contribution in [-0.4, -0.2) is 20.7 Å². The summed E-state index contributed by atoms with van der Waals surface area (Å²) in [5.41, 5.74) is 0.213. The van der Waals surface area contributed by atoms with Gasteiger partial charge in [0.15, 0.2) is 11.6 Å². The summed E-state index contributed by atoms with van der Waals surface area (Å²) in [6.45, 7) is 0.446. The van der Waals surface area contributed by atoms with Gasteiger partial charge in [0.25, 0.3) is 0 Å². The highest BCUT2D eigenvalue weighted by atomic mass is 19.1. The highest BCUT2D eigenvalue weighted by Crippen LogP contribution is 2.22. The molecule has 15 heavy (non-hydrogen) atoms. The molecule has 0 aliphatic carbocycles. The van der Waals surface area contributed by atoms with Gasteiger partial charge in [-0.2, -0.15) is 0 Å². The molecule has 1 aromatic rings. The van der Waals surface area contributed by atoms with Gasteiger partial charge >= 0.3 is 0 Å². The largest absolute Gasteiger partial charge is 0.492 e. The van der Waals surface area contributed by atoms with Crippen molar-refractivity contribution in [1.82, 2.24) is 5.32 Å². The third-order valence-electron chi connectivity index (χ3n) is 1.70. The number of methoxy groups -OCH3 is 1. The molecule has 1 aromatic carbocycles. The van der Waals surface area contributed by atoms with Gasteiger partial charge in [-0.1, -0.05) is 11.8 Å². The van der Waals surface area contributed by atoms with E-state index in [0.29, 0.717) is 6.54 Å². The number of halogens is 2. The molecule has 0 saturated carbocycles. The zero-order valence-corrected chi connectivity index (χ0v) is 8.53. The molecule has 0 atom stereocenters. The molecule has 0 fully saturated rings. The summed E-state index contributed by atoms with van der Waals surface area (Å²) in [5, 5.41) is 2.80. The van der Waals surface area contributed by atoms with Crippen LogP contribution in [0, 0.1) is 23.5 Å². The van der Waals surface area contributed by atoms with Crippen molar-refractivity contribution in [2.45, 2.75) is 0 Å². The second-order valence-electron chi connectivity index (χ2n) is 2.80. The first-order valence-corrected chi connectivity index (χ1v) is 4.35. The number of hydrogen-bond acceptors (Lipinski definition) is 2. The number of hydrogen-bond donors (Lipinski definition) is 1. The lowest BCUT2D eigenvalue weighted by Gasteiger charge is -2.04. The van der Waals surface area contributed by atoms with E-state index in [1.807, 2.05) is 0 Å². The highest BCUT2D eigenvalue weighted by molar-refractivity contribution is 5.47. The van der Waals surface area contributed by atoms with Crippen LogP contribution in [-0.2, 0) is 0 Å². The first-order valence-electron chi connectivity index (χ1n) is 4.35. The lowest BCUT2D eigenvalue weighted by atomic mass is 10.2. The van der Waals surface area contributed by atoms with E-state index in [4.69, 9.17) is 4.74 Å². The minimum absolute atomic E-state index is 0.0278. The van der Waals surface area contributed by atoms with Crippen LogP contribution in [0.25, 0.3) is 0 Å². The molecular formula is C11H11F2NO. The lowest BCUT2D eigenvalue weighted by molar-refractivity contribution is 0.383. The maximum Gasteiger partial charge on any atom is 0.170 e. The van der Waals surface area contributed by atoms with Crippen LogP contribution < -0.4 is 10.1 Å². The zero-order chi connectivity index (χ0) is 11.3. The molecule has 0 aromatic heterocycles. The van der Waals surface area contributed by atoms with E-state index < -0.39 is 11.6 Å². The Morgan fingerprint density at radius 2 is 2.13 bits per heavy atom. The third kappa shape index (κ3) is 2.93. The van der Waals surface area contributed by atoms with Crippen LogP contribution in [0.1, 0.15) is 5.56 Å². The molecule has 2 nitrogen and oxygen atoms in total. The molecule has 0 amide bonds. The van der Waals surface area contributed by atoms with E-state index in [2.05, 4.69) is 17.2 Å². The SMILES string of the molecule is CNCC#Cc1cc(F)cc(F)c1OC. The molecule has 0 aliphatic heterocycles. The van der Waals surface area contributed by atoms with Crippen molar-refractivity contribution in [2.75, 3.05) is 20.7 Å². The molecule has 4 heteroatoms. The Balaban J connectivity index is 3.11. The van der Waals surface area contributed by atoms with E-state index in [-0.39, 0.29) is 11.3 Å². The van der Waals surface area contributed by atoms with Gasteiger partial charge in [-0.3, -0.25) is 0 Å². The first-order chi connectivity index (χ1) is 7.19. The van der Waals surface area contributed by atoms with Crippen LogP contribution >= 0.6 is 0 Å². The maximum atomic E-state index is 13.2. The number of nitrogens with one attached hydrogen (secondary N) is 1. The molecule has 0 aliphatic rings. The molecule has 0 unspecified atom stereocenters. The van der Waals surface area contributed by atoms with Gasteiger partial charge in [0.2, 0.25) is 0 Å². The fraction of sp³-hybridized carbons (Fsp3) is 0.273. The van der Waals surface area contributed by atoms with Crippen molar-refractivity contribution in [2.24, 2.45) is 0 Å². The number of rotatable bonds is 2. The van der Waals surface area contributed by atoms with Crippen molar-refractivity contribution < 1.29 is 13.5 Å². The summed E-state index contributed by atoms with van der Waals surface area (Å²) >= 11 is 0. The Kier molecular flexibility index (Phi) is 4.07. The molecule has 1 N–H and O–H groups in total. The van der Waals surface area contributed by atoms with Crippen molar-refractivity contribution in [1.29, 1.82) is 0 Å². The van der Waals surface area contributed by atoms with Crippen LogP contribution in [0.4, 0.5) is 8.78 Å². The Bertz CT molecular complexity index is 407. The Morgan fingerprint density at radius 3 is 2.73 bits per heavy atom. The van der Waals surface area contributed by atoms with Gasteiger partial charge in [-0.15, -0.1) is 0 Å². The van der Waals surface area contributed by atoms with Crippen molar-refractivity contribution in [3.05, 3.63) is 29.3 Å². The summed E-state index contributed by atoms with van der Waals surface area (Å²) in [4.78, 5) is 0. The van der Waals surface area contributed by atoms with E-state index in [9.17, 15) is 8.78 Å². The minimum atomic E-state index is -0.744. The fourth-order valence-electron chi connectivity index (χ4n) is 1.09. The second kappa shape index (κ2) is 5.32. The summed E-state index contributed by atoms with van der Waals surface area (Å²) in [7, 11) is 3.05. The molecule has 80 valence electrons. The van der Waals surface area contributed by atoms with E-state index >= 15 is 0 Å². The standard InChI is InChI=1S/C11H11F2NO/c1-14-5-3-4-8-6-9(12)7-10(13)11(8)15-2/h6-7,14H,5H2,1-2H3. The normalized spacial score (nSPS) is 9.33. The van der Waals surface area contributed by atoms with Gasteiger partial charge in [-0.05, 0) is 13.1 Å². The number of benzene rings is 1. The van der Waals surface area contributed by atoms with Gasteiger partial charge in [0.1, 0.15) is 5.82 Å². The van der Waals surface area contributed by atoms with Gasteiger partial charge in [-0.25, -0.2) is 8.78 Å². The van der Waals surface area contributed by atoms with E-state index in [0.717, 1.165) is 12.1 Å². The fourth-order valence-corrected chi connectivity index (χ4v) is 1.09. The third-order valence-corrected chi connectivity index (χ3v) is 1.70. The second-order valence-corrected chi connectivity index (χ2v) is 2.80. The lowest BCUT2D eigenvalue weighted by Crippen LogP contribution is -2.04. The van der Waals surface area contributed by atoms with Crippen molar-refractivity contribution >= 4 is 0 Å². The predicted octanol–water partition coefficient (Wildman–Crippen LogP) is 1.54. The summed E-state index contributed by atoms with van der Waals surface area (Å²) in [5.74, 6) is 3.90. The molecule has 0 spiro atoms. The smallest absolute Gasteiger partial charge is 0.170 e. The molecule has 0 heterocycles. The summed E-state index contributed by atoms with van der Waals surface area (Å²) in [6, 6.07) is 1.91. The topological polar surface area (TPSA) is 21.3 Å². The molecule has 0 radical (unpaired) electrons. The summed E-state index contributed by atoms with van der Waals surface area (Å²) < 4.78 is 30.8. The monoisotopic (exact) mass is 211 g/mol. The minimum Gasteiger partial charge on any atom is -0.492 e. The van der Waals surface area contributed by atoms with Crippen molar-refractivity contribution in [3.63, 3.8) is 0 Å². The molecule has 0 bridgehead atoms. The Hall–Kier alpha value is -1.60. The van der Waals surface area contributed by atoms with Crippen LogP contribution in [0.2, 0.25) is 0 Å².